The number of carbonyl (C=O) groups is 1. The summed E-state index contributed by atoms with van der Waals surface area (Å²) in [5.74, 6) is -0.105. The van der Waals surface area contributed by atoms with Crippen LogP contribution in [-0.4, -0.2) is 10.9 Å². The average molecular weight is 212 g/mol. The molecule has 0 saturated heterocycles. The van der Waals surface area contributed by atoms with E-state index in [1.54, 1.807) is 24.5 Å². The third-order valence-corrected chi connectivity index (χ3v) is 2.31. The second-order valence-corrected chi connectivity index (χ2v) is 3.51. The lowest BCUT2D eigenvalue weighted by Gasteiger charge is -2.06. The maximum atomic E-state index is 11.9. The molecule has 0 radical (unpaired) electrons. The molecule has 3 nitrogen and oxygen atoms in total. The molecule has 0 aliphatic heterocycles. The van der Waals surface area contributed by atoms with E-state index in [9.17, 15) is 4.79 Å². The number of anilines is 1. The van der Waals surface area contributed by atoms with Crippen LogP contribution < -0.4 is 5.32 Å². The summed E-state index contributed by atoms with van der Waals surface area (Å²) >= 11 is 0. The Balaban J connectivity index is 2.19. The van der Waals surface area contributed by atoms with E-state index in [2.05, 4.69) is 10.3 Å². The summed E-state index contributed by atoms with van der Waals surface area (Å²) in [7, 11) is 0. The van der Waals surface area contributed by atoms with Crippen molar-refractivity contribution < 1.29 is 4.79 Å². The van der Waals surface area contributed by atoms with Gasteiger partial charge in [0.15, 0.2) is 0 Å². The molecular formula is C13H12N2O. The second-order valence-electron chi connectivity index (χ2n) is 3.51. The molecule has 0 bridgehead atoms. The lowest BCUT2D eigenvalue weighted by Crippen LogP contribution is -2.13. The molecule has 1 amide bonds. The molecule has 0 atom stereocenters. The first-order valence-corrected chi connectivity index (χ1v) is 5.04. The van der Waals surface area contributed by atoms with E-state index < -0.39 is 0 Å². The van der Waals surface area contributed by atoms with Gasteiger partial charge in [-0.1, -0.05) is 18.2 Å². The Labute approximate surface area is 94.1 Å². The molecule has 0 saturated carbocycles. The number of hydrogen-bond donors (Lipinski definition) is 1. The second kappa shape index (κ2) is 4.57. The molecule has 2 aromatic rings. The standard InChI is InChI=1S/C13H12N2O/c1-10-5-2-3-7-12(10)13(16)15-11-6-4-8-14-9-11/h2-9H,1H3,(H,15,16). The van der Waals surface area contributed by atoms with Gasteiger partial charge in [-0.2, -0.15) is 0 Å². The average Bonchev–Trinajstić information content (AvgIpc) is 2.31. The van der Waals surface area contributed by atoms with E-state index in [0.717, 1.165) is 5.56 Å². The van der Waals surface area contributed by atoms with Gasteiger partial charge < -0.3 is 5.32 Å². The molecule has 1 aromatic carbocycles. The number of hydrogen-bond acceptors (Lipinski definition) is 2. The molecule has 0 aliphatic rings. The van der Waals surface area contributed by atoms with Crippen molar-refractivity contribution >= 4 is 11.6 Å². The normalized spacial score (nSPS) is 9.81. The van der Waals surface area contributed by atoms with Gasteiger partial charge in [-0.05, 0) is 30.7 Å². The zero-order valence-corrected chi connectivity index (χ0v) is 8.97. The first-order chi connectivity index (χ1) is 7.77. The molecule has 0 aliphatic carbocycles. The van der Waals surface area contributed by atoms with Gasteiger partial charge >= 0.3 is 0 Å². The Morgan fingerprint density at radius 2 is 2.00 bits per heavy atom. The molecule has 80 valence electrons. The summed E-state index contributed by atoms with van der Waals surface area (Å²) in [6, 6.07) is 11.1. The fourth-order valence-electron chi connectivity index (χ4n) is 1.46. The van der Waals surface area contributed by atoms with Crippen molar-refractivity contribution in [3.05, 3.63) is 59.9 Å². The van der Waals surface area contributed by atoms with E-state index in [-0.39, 0.29) is 5.91 Å². The zero-order valence-electron chi connectivity index (χ0n) is 8.97. The van der Waals surface area contributed by atoms with Crippen LogP contribution >= 0.6 is 0 Å². The number of benzene rings is 1. The van der Waals surface area contributed by atoms with Crippen LogP contribution in [0, 0.1) is 6.92 Å². The minimum absolute atomic E-state index is 0.105. The lowest BCUT2D eigenvalue weighted by molar-refractivity contribution is 0.102. The number of aromatic nitrogens is 1. The number of nitrogens with one attached hydrogen (secondary N) is 1. The monoisotopic (exact) mass is 212 g/mol. The van der Waals surface area contributed by atoms with Crippen LogP contribution in [0.25, 0.3) is 0 Å². The molecule has 0 spiro atoms. The number of pyridine rings is 1. The van der Waals surface area contributed by atoms with Crippen molar-refractivity contribution in [3.63, 3.8) is 0 Å². The van der Waals surface area contributed by atoms with Crippen LogP contribution in [0.5, 0.6) is 0 Å². The Morgan fingerprint density at radius 1 is 1.19 bits per heavy atom. The minimum Gasteiger partial charge on any atom is -0.321 e. The van der Waals surface area contributed by atoms with Crippen LogP contribution in [0.1, 0.15) is 15.9 Å². The number of nitrogens with zero attached hydrogens (tertiary/aromatic N) is 1. The molecule has 3 heteroatoms. The highest BCUT2D eigenvalue weighted by Crippen LogP contribution is 2.10. The lowest BCUT2D eigenvalue weighted by atomic mass is 10.1. The van der Waals surface area contributed by atoms with Crippen LogP contribution in [0.3, 0.4) is 0 Å². The van der Waals surface area contributed by atoms with E-state index in [4.69, 9.17) is 0 Å². The summed E-state index contributed by atoms with van der Waals surface area (Å²) in [6.45, 7) is 1.91. The zero-order chi connectivity index (χ0) is 11.4. The quantitative estimate of drug-likeness (QED) is 0.831. The number of carbonyl (C=O) groups excluding carboxylic acids is 1. The van der Waals surface area contributed by atoms with Gasteiger partial charge in [0.2, 0.25) is 0 Å². The van der Waals surface area contributed by atoms with Crippen LogP contribution in [0.2, 0.25) is 0 Å². The minimum atomic E-state index is -0.105. The highest BCUT2D eigenvalue weighted by Gasteiger charge is 2.07. The van der Waals surface area contributed by atoms with Crippen molar-refractivity contribution in [2.75, 3.05) is 5.32 Å². The maximum Gasteiger partial charge on any atom is 0.255 e. The Hall–Kier alpha value is -2.16. The van der Waals surface area contributed by atoms with Gasteiger partial charge in [-0.25, -0.2) is 0 Å². The van der Waals surface area contributed by atoms with Gasteiger partial charge in [-0.3, -0.25) is 9.78 Å². The predicted octanol–water partition coefficient (Wildman–Crippen LogP) is 2.64. The summed E-state index contributed by atoms with van der Waals surface area (Å²) < 4.78 is 0. The van der Waals surface area contributed by atoms with Crippen molar-refractivity contribution in [2.24, 2.45) is 0 Å². The van der Waals surface area contributed by atoms with Gasteiger partial charge in [0.25, 0.3) is 5.91 Å². The predicted molar refractivity (Wildman–Crippen MR) is 63.4 cm³/mol. The van der Waals surface area contributed by atoms with Crippen LogP contribution in [0.4, 0.5) is 5.69 Å². The van der Waals surface area contributed by atoms with E-state index >= 15 is 0 Å². The summed E-state index contributed by atoms with van der Waals surface area (Å²) in [5.41, 5.74) is 2.35. The molecule has 2 rings (SSSR count). The van der Waals surface area contributed by atoms with Gasteiger partial charge in [0.1, 0.15) is 0 Å². The summed E-state index contributed by atoms with van der Waals surface area (Å²) in [6.07, 6.45) is 3.29. The Morgan fingerprint density at radius 3 is 2.69 bits per heavy atom. The van der Waals surface area contributed by atoms with Crippen LogP contribution in [0.15, 0.2) is 48.8 Å². The SMILES string of the molecule is Cc1ccccc1C(=O)Nc1cccnc1. The van der Waals surface area contributed by atoms with Crippen molar-refractivity contribution in [1.82, 2.24) is 4.98 Å². The Kier molecular flexibility index (Phi) is 2.96. The number of aryl methyl sites for hydroxylation is 1. The summed E-state index contributed by atoms with van der Waals surface area (Å²) in [4.78, 5) is 15.8. The van der Waals surface area contributed by atoms with Crippen LogP contribution in [-0.2, 0) is 0 Å². The van der Waals surface area contributed by atoms with E-state index in [1.807, 2.05) is 31.2 Å². The fraction of sp³-hybridized carbons (Fsp3) is 0.0769. The summed E-state index contributed by atoms with van der Waals surface area (Å²) in [5, 5.41) is 2.80. The van der Waals surface area contributed by atoms with E-state index in [1.165, 1.54) is 0 Å². The third kappa shape index (κ3) is 2.25. The van der Waals surface area contributed by atoms with Gasteiger partial charge in [-0.15, -0.1) is 0 Å². The van der Waals surface area contributed by atoms with Gasteiger partial charge in [0, 0.05) is 11.8 Å². The molecule has 0 unspecified atom stereocenters. The Bertz CT molecular complexity index is 494. The highest BCUT2D eigenvalue weighted by molar-refractivity contribution is 6.05. The van der Waals surface area contributed by atoms with Crippen molar-refractivity contribution in [1.29, 1.82) is 0 Å². The molecule has 0 fully saturated rings. The van der Waals surface area contributed by atoms with Crippen molar-refractivity contribution in [3.8, 4) is 0 Å². The molecule has 1 N–H and O–H groups in total. The third-order valence-electron chi connectivity index (χ3n) is 2.31. The highest BCUT2D eigenvalue weighted by atomic mass is 16.1. The molecule has 1 heterocycles. The maximum absolute atomic E-state index is 11.9. The first-order valence-electron chi connectivity index (χ1n) is 5.04. The largest absolute Gasteiger partial charge is 0.321 e. The molecule has 16 heavy (non-hydrogen) atoms. The number of rotatable bonds is 2. The van der Waals surface area contributed by atoms with Crippen molar-refractivity contribution in [2.45, 2.75) is 6.92 Å². The topological polar surface area (TPSA) is 42.0 Å². The smallest absolute Gasteiger partial charge is 0.255 e. The van der Waals surface area contributed by atoms with Gasteiger partial charge in [0.05, 0.1) is 11.9 Å². The fourth-order valence-corrected chi connectivity index (χ4v) is 1.46. The first kappa shape index (κ1) is 10.4. The van der Waals surface area contributed by atoms with E-state index in [0.29, 0.717) is 11.3 Å². The molecular weight excluding hydrogens is 200 g/mol. The molecule has 1 aromatic heterocycles. The number of amides is 1.